The Hall–Kier alpha value is -2.77. The van der Waals surface area contributed by atoms with Gasteiger partial charge in [0.05, 0.1) is 5.92 Å². The molecule has 0 spiro atoms. The first-order valence-electron chi connectivity index (χ1n) is 12.8. The van der Waals surface area contributed by atoms with E-state index in [2.05, 4.69) is 56.9 Å². The molecule has 1 amide bonds. The highest BCUT2D eigenvalue weighted by Crippen LogP contribution is 2.32. The molecule has 1 N–H and O–H groups in total. The lowest BCUT2D eigenvalue weighted by Crippen LogP contribution is -2.46. The van der Waals surface area contributed by atoms with Gasteiger partial charge in [-0.25, -0.2) is 0 Å². The van der Waals surface area contributed by atoms with Gasteiger partial charge in [0, 0.05) is 36.1 Å². The van der Waals surface area contributed by atoms with Crippen LogP contribution in [-0.2, 0) is 11.2 Å². The molecule has 0 bridgehead atoms. The standard InChI is InChI=1S/C28H33N3O3S/c32-28(22-7-11-31(18-22)24-5-4-21-8-14-35-27(21)17-24)29-23(19-30-9-1-2-10-30)15-20-3-6-25-26(16-20)34-13-12-33-25/h3-6,8,14,16-17,22-23H,1-2,7,9-13,15,18-19H2,(H,29,32)/t22-,23?/m1/s1. The zero-order chi connectivity index (χ0) is 23.6. The second-order valence-corrected chi connectivity index (χ2v) is 10.9. The Morgan fingerprint density at radius 2 is 1.89 bits per heavy atom. The largest absolute Gasteiger partial charge is 0.486 e. The molecule has 0 aliphatic carbocycles. The number of nitrogens with zero attached hydrogens (tertiary/aromatic N) is 2. The van der Waals surface area contributed by atoms with Gasteiger partial charge in [-0.3, -0.25) is 4.79 Å². The first kappa shape index (κ1) is 22.7. The molecule has 184 valence electrons. The van der Waals surface area contributed by atoms with Crippen molar-refractivity contribution in [2.75, 3.05) is 50.8 Å². The molecule has 1 aromatic heterocycles. The first-order valence-corrected chi connectivity index (χ1v) is 13.7. The van der Waals surface area contributed by atoms with Gasteiger partial charge in [0.1, 0.15) is 13.2 Å². The number of benzene rings is 2. The molecular formula is C28H33N3O3S. The van der Waals surface area contributed by atoms with Crippen LogP contribution in [0.4, 0.5) is 5.69 Å². The second kappa shape index (κ2) is 10.1. The van der Waals surface area contributed by atoms with Gasteiger partial charge >= 0.3 is 0 Å². The van der Waals surface area contributed by atoms with E-state index in [0.29, 0.717) is 13.2 Å². The number of hydrogen-bond donors (Lipinski definition) is 1. The molecular weight excluding hydrogens is 458 g/mol. The van der Waals surface area contributed by atoms with E-state index in [4.69, 9.17) is 9.47 Å². The van der Waals surface area contributed by atoms with E-state index in [0.717, 1.165) is 57.1 Å². The molecule has 2 fully saturated rings. The van der Waals surface area contributed by atoms with E-state index >= 15 is 0 Å². The lowest BCUT2D eigenvalue weighted by atomic mass is 10.0. The van der Waals surface area contributed by atoms with Crippen LogP contribution in [0.2, 0.25) is 0 Å². The Morgan fingerprint density at radius 1 is 1.03 bits per heavy atom. The van der Waals surface area contributed by atoms with Gasteiger partial charge in [0.25, 0.3) is 0 Å². The van der Waals surface area contributed by atoms with Crippen molar-refractivity contribution in [1.82, 2.24) is 10.2 Å². The quantitative estimate of drug-likeness (QED) is 0.534. The van der Waals surface area contributed by atoms with Crippen LogP contribution in [0.25, 0.3) is 10.1 Å². The molecule has 3 aromatic rings. The summed E-state index contributed by atoms with van der Waals surface area (Å²) in [5.74, 6) is 1.84. The Morgan fingerprint density at radius 3 is 2.77 bits per heavy atom. The number of carbonyl (C=O) groups excluding carboxylic acids is 1. The number of likely N-dealkylation sites (tertiary alicyclic amines) is 1. The van der Waals surface area contributed by atoms with Gasteiger partial charge in [0.15, 0.2) is 11.5 Å². The van der Waals surface area contributed by atoms with Gasteiger partial charge in [-0.15, -0.1) is 11.3 Å². The predicted molar refractivity (Wildman–Crippen MR) is 141 cm³/mol. The van der Waals surface area contributed by atoms with Gasteiger partial charge < -0.3 is 24.6 Å². The summed E-state index contributed by atoms with van der Waals surface area (Å²) in [4.78, 5) is 18.2. The van der Waals surface area contributed by atoms with E-state index in [1.807, 2.05) is 6.07 Å². The molecule has 0 saturated carbocycles. The average Bonchev–Trinajstić information content (AvgIpc) is 3.65. The maximum Gasteiger partial charge on any atom is 0.225 e. The third-order valence-corrected chi connectivity index (χ3v) is 8.36. The summed E-state index contributed by atoms with van der Waals surface area (Å²) in [7, 11) is 0. The average molecular weight is 492 g/mol. The number of nitrogens with one attached hydrogen (secondary N) is 1. The van der Waals surface area contributed by atoms with Gasteiger partial charge in [-0.2, -0.15) is 0 Å². The number of ether oxygens (including phenoxy) is 2. The van der Waals surface area contributed by atoms with Crippen molar-refractivity contribution in [3.8, 4) is 11.5 Å². The summed E-state index contributed by atoms with van der Waals surface area (Å²) in [6.45, 7) is 6.02. The van der Waals surface area contributed by atoms with Crippen molar-refractivity contribution >= 4 is 33.0 Å². The summed E-state index contributed by atoms with van der Waals surface area (Å²) in [6.07, 6.45) is 4.19. The van der Waals surface area contributed by atoms with Crippen molar-refractivity contribution in [2.24, 2.45) is 5.92 Å². The summed E-state index contributed by atoms with van der Waals surface area (Å²) < 4.78 is 12.8. The van der Waals surface area contributed by atoms with Crippen LogP contribution in [0.3, 0.4) is 0 Å². The van der Waals surface area contributed by atoms with Crippen LogP contribution >= 0.6 is 11.3 Å². The number of thiophene rings is 1. The maximum absolute atomic E-state index is 13.4. The Balaban J connectivity index is 1.12. The molecule has 2 aromatic carbocycles. The van der Waals surface area contributed by atoms with Crippen LogP contribution in [0, 0.1) is 5.92 Å². The van der Waals surface area contributed by atoms with Crippen LogP contribution in [-0.4, -0.2) is 62.8 Å². The van der Waals surface area contributed by atoms with E-state index < -0.39 is 0 Å². The summed E-state index contributed by atoms with van der Waals surface area (Å²) in [6, 6.07) is 15.1. The minimum atomic E-state index is 0.0235. The Labute approximate surface area is 210 Å². The molecule has 1 unspecified atom stereocenters. The first-order chi connectivity index (χ1) is 17.2. The predicted octanol–water partition coefficient (Wildman–Crippen LogP) is 4.32. The normalized spacial score (nSPS) is 20.9. The van der Waals surface area contributed by atoms with E-state index in [1.165, 1.54) is 34.2 Å². The highest BCUT2D eigenvalue weighted by Gasteiger charge is 2.30. The maximum atomic E-state index is 13.4. The van der Waals surface area contributed by atoms with Crippen LogP contribution in [0.1, 0.15) is 24.8 Å². The minimum Gasteiger partial charge on any atom is -0.486 e. The van der Waals surface area contributed by atoms with Crippen LogP contribution in [0.5, 0.6) is 11.5 Å². The minimum absolute atomic E-state index is 0.0235. The zero-order valence-electron chi connectivity index (χ0n) is 20.1. The number of rotatable bonds is 7. The van der Waals surface area contributed by atoms with E-state index in [1.54, 1.807) is 11.3 Å². The van der Waals surface area contributed by atoms with Crippen molar-refractivity contribution in [3.63, 3.8) is 0 Å². The van der Waals surface area contributed by atoms with E-state index in [-0.39, 0.29) is 17.9 Å². The van der Waals surface area contributed by atoms with Gasteiger partial charge in [0.2, 0.25) is 5.91 Å². The molecule has 4 heterocycles. The summed E-state index contributed by atoms with van der Waals surface area (Å²) >= 11 is 1.77. The molecule has 0 radical (unpaired) electrons. The van der Waals surface area contributed by atoms with E-state index in [9.17, 15) is 4.79 Å². The SMILES string of the molecule is O=C(NC(Cc1ccc2c(c1)OCCO2)CN1CCCC1)[C@@H]1CCN(c2ccc3ccsc3c2)C1. The van der Waals surface area contributed by atoms with Gasteiger partial charge in [-0.05, 0) is 85.4 Å². The fraction of sp³-hybridized carbons (Fsp3) is 0.464. The summed E-state index contributed by atoms with van der Waals surface area (Å²) in [5.41, 5.74) is 2.40. The smallest absolute Gasteiger partial charge is 0.225 e. The number of fused-ring (bicyclic) bond motifs is 2. The lowest BCUT2D eigenvalue weighted by molar-refractivity contribution is -0.125. The number of carbonyl (C=O) groups is 1. The number of hydrogen-bond acceptors (Lipinski definition) is 6. The zero-order valence-corrected chi connectivity index (χ0v) is 20.9. The van der Waals surface area contributed by atoms with Crippen LogP contribution < -0.4 is 19.7 Å². The monoisotopic (exact) mass is 491 g/mol. The van der Waals surface area contributed by atoms with Crippen molar-refractivity contribution in [1.29, 1.82) is 0 Å². The van der Waals surface area contributed by atoms with Gasteiger partial charge in [-0.1, -0.05) is 12.1 Å². The number of anilines is 1. The third-order valence-electron chi connectivity index (χ3n) is 7.48. The topological polar surface area (TPSA) is 54.0 Å². The molecule has 6 rings (SSSR count). The van der Waals surface area contributed by atoms with Crippen molar-refractivity contribution < 1.29 is 14.3 Å². The molecule has 7 heteroatoms. The highest BCUT2D eigenvalue weighted by molar-refractivity contribution is 7.17. The van der Waals surface area contributed by atoms with Crippen molar-refractivity contribution in [2.45, 2.75) is 31.7 Å². The molecule has 6 nitrogen and oxygen atoms in total. The fourth-order valence-electron chi connectivity index (χ4n) is 5.61. The molecule has 35 heavy (non-hydrogen) atoms. The molecule has 3 aliphatic heterocycles. The third kappa shape index (κ3) is 5.11. The molecule has 3 aliphatic rings. The molecule has 2 atom stereocenters. The Kier molecular flexibility index (Phi) is 6.53. The Bertz CT molecular complexity index is 1190. The van der Waals surface area contributed by atoms with Crippen molar-refractivity contribution in [3.05, 3.63) is 53.4 Å². The number of amides is 1. The summed E-state index contributed by atoms with van der Waals surface area (Å²) in [5, 5.41) is 6.86. The van der Waals surface area contributed by atoms with Crippen LogP contribution in [0.15, 0.2) is 47.8 Å². The fourth-order valence-corrected chi connectivity index (χ4v) is 6.43. The highest BCUT2D eigenvalue weighted by atomic mass is 32.1. The molecule has 2 saturated heterocycles. The lowest BCUT2D eigenvalue weighted by Gasteiger charge is -2.27. The second-order valence-electron chi connectivity index (χ2n) is 9.97.